The molecule has 44 heavy (non-hydrogen) atoms. The van der Waals surface area contributed by atoms with Crippen molar-refractivity contribution >= 4 is 39.0 Å². The van der Waals surface area contributed by atoms with Gasteiger partial charge in [-0.1, -0.05) is 63.7 Å². The van der Waals surface area contributed by atoms with Crippen LogP contribution < -0.4 is 5.32 Å². The first-order chi connectivity index (χ1) is 21.2. The van der Waals surface area contributed by atoms with Crippen molar-refractivity contribution in [3.05, 3.63) is 76.8 Å². The molecule has 3 aromatic rings. The molecule has 4 rings (SSSR count). The van der Waals surface area contributed by atoms with E-state index in [1.807, 2.05) is 43.3 Å². The lowest BCUT2D eigenvalue weighted by Crippen LogP contribution is -2.42. The Morgan fingerprint density at radius 1 is 1.05 bits per heavy atom. The average molecular weight is 618 g/mol. The van der Waals surface area contributed by atoms with Crippen LogP contribution in [0.15, 0.2) is 60.7 Å². The molecule has 1 aliphatic rings. The predicted molar refractivity (Wildman–Crippen MR) is 178 cm³/mol. The van der Waals surface area contributed by atoms with Crippen molar-refractivity contribution in [1.29, 1.82) is 0 Å². The Labute approximate surface area is 266 Å². The zero-order valence-electron chi connectivity index (χ0n) is 26.5. The second kappa shape index (κ2) is 16.8. The number of ether oxygens (including phenoxy) is 1. The fraction of sp³-hybridized carbons (Fsp3) is 0.500. The van der Waals surface area contributed by atoms with Gasteiger partial charge in [-0.05, 0) is 48.4 Å². The molecule has 2 heterocycles. The van der Waals surface area contributed by atoms with E-state index in [0.29, 0.717) is 63.4 Å². The molecule has 7 nitrogen and oxygen atoms in total. The largest absolute Gasteiger partial charge is 0.379 e. The fourth-order valence-corrected chi connectivity index (χ4v) is 6.70. The number of nitrogens with zero attached hydrogens (tertiary/aromatic N) is 2. The second-order valence-corrected chi connectivity index (χ2v) is 13.3. The van der Waals surface area contributed by atoms with E-state index in [1.54, 1.807) is 11.3 Å². The van der Waals surface area contributed by atoms with E-state index < -0.39 is 5.92 Å². The minimum absolute atomic E-state index is 0.0220. The predicted octanol–water partition coefficient (Wildman–Crippen LogP) is 6.30. The van der Waals surface area contributed by atoms with E-state index in [-0.39, 0.29) is 29.9 Å². The van der Waals surface area contributed by atoms with Gasteiger partial charge in [-0.15, -0.1) is 11.3 Å². The molecule has 1 fully saturated rings. The molecule has 2 atom stereocenters. The van der Waals surface area contributed by atoms with Gasteiger partial charge in [0.1, 0.15) is 5.78 Å². The summed E-state index contributed by atoms with van der Waals surface area (Å²) in [6, 6.07) is 16.1. The Morgan fingerprint density at radius 2 is 1.80 bits per heavy atom. The molecular weight excluding hydrogens is 570 g/mol. The van der Waals surface area contributed by atoms with Crippen LogP contribution in [0.4, 0.5) is 0 Å². The summed E-state index contributed by atoms with van der Waals surface area (Å²) in [6.45, 7) is 13.9. The second-order valence-electron chi connectivity index (χ2n) is 12.2. The van der Waals surface area contributed by atoms with Crippen LogP contribution in [0.25, 0.3) is 10.2 Å². The number of fused-ring (bicyclic) bond motifs is 1. The molecule has 0 bridgehead atoms. The smallest absolute Gasteiger partial charge is 0.224 e. The minimum Gasteiger partial charge on any atom is -0.379 e. The molecule has 1 aromatic heterocycles. The van der Waals surface area contributed by atoms with Gasteiger partial charge in [-0.3, -0.25) is 19.3 Å². The molecule has 0 saturated carbocycles. The van der Waals surface area contributed by atoms with Crippen molar-refractivity contribution in [3.8, 4) is 0 Å². The number of nitrogens with one attached hydrogen (secondary N) is 1. The van der Waals surface area contributed by atoms with Crippen molar-refractivity contribution in [2.45, 2.75) is 77.7 Å². The Morgan fingerprint density at radius 3 is 2.50 bits per heavy atom. The van der Waals surface area contributed by atoms with Crippen LogP contribution in [0, 0.1) is 5.92 Å². The Bertz CT molecular complexity index is 1410. The highest BCUT2D eigenvalue weighted by atomic mass is 32.1. The Kier molecular flexibility index (Phi) is 12.8. The van der Waals surface area contributed by atoms with Crippen LogP contribution >= 0.6 is 11.3 Å². The van der Waals surface area contributed by atoms with Gasteiger partial charge in [0, 0.05) is 56.9 Å². The molecule has 0 unspecified atom stereocenters. The zero-order valence-corrected chi connectivity index (χ0v) is 27.3. The average Bonchev–Trinajstić information content (AvgIpc) is 3.42. The summed E-state index contributed by atoms with van der Waals surface area (Å²) >= 11 is 1.60. The molecular formula is C36H47N3O4S. The van der Waals surface area contributed by atoms with Crippen LogP contribution in [0.3, 0.4) is 0 Å². The highest BCUT2D eigenvalue weighted by Gasteiger charge is 2.27. The normalized spacial score (nSPS) is 15.3. The maximum absolute atomic E-state index is 13.9. The number of hydrogen-bond donors (Lipinski definition) is 1. The van der Waals surface area contributed by atoms with Crippen LogP contribution in [-0.2, 0) is 32.0 Å². The first kappa shape index (κ1) is 33.7. The van der Waals surface area contributed by atoms with Gasteiger partial charge in [0.15, 0.2) is 5.78 Å². The van der Waals surface area contributed by atoms with Gasteiger partial charge in [-0.25, -0.2) is 4.98 Å². The number of ketones is 2. The van der Waals surface area contributed by atoms with Crippen molar-refractivity contribution in [2.24, 2.45) is 5.92 Å². The first-order valence-corrected chi connectivity index (χ1v) is 16.8. The minimum atomic E-state index is -0.524. The van der Waals surface area contributed by atoms with Gasteiger partial charge in [0.25, 0.3) is 0 Å². The SMILES string of the molecule is C=C(CN1CCOCC1)C(=O)CC[C@H](Cc1ccccc1)NC(=O)[C@@H](CC(=O)CCC)Cc1nc2ccc(C(C)C)cc2s1. The third kappa shape index (κ3) is 10.2. The van der Waals surface area contributed by atoms with E-state index in [2.05, 4.69) is 42.8 Å². The maximum atomic E-state index is 13.9. The number of Topliss-reactive ketones (excluding diaryl/α,β-unsaturated/α-hetero) is 2. The van der Waals surface area contributed by atoms with E-state index in [9.17, 15) is 14.4 Å². The first-order valence-electron chi connectivity index (χ1n) is 16.0. The van der Waals surface area contributed by atoms with Crippen molar-refractivity contribution in [3.63, 3.8) is 0 Å². The fourth-order valence-electron chi connectivity index (χ4n) is 5.60. The summed E-state index contributed by atoms with van der Waals surface area (Å²) in [5.74, 6) is -0.152. The van der Waals surface area contributed by atoms with E-state index in [0.717, 1.165) is 40.3 Å². The van der Waals surface area contributed by atoms with Crippen LogP contribution in [0.1, 0.15) is 74.9 Å². The lowest BCUT2D eigenvalue weighted by molar-refractivity contribution is -0.130. The number of thiazole rings is 1. The molecule has 8 heteroatoms. The Hall–Kier alpha value is -3.20. The molecule has 1 N–H and O–H groups in total. The molecule has 0 spiro atoms. The molecule has 0 radical (unpaired) electrons. The number of morpholine rings is 1. The number of rotatable bonds is 17. The van der Waals surface area contributed by atoms with Gasteiger partial charge < -0.3 is 10.1 Å². The maximum Gasteiger partial charge on any atom is 0.224 e. The quantitative estimate of drug-likeness (QED) is 0.179. The number of carbonyl (C=O) groups excluding carboxylic acids is 3. The molecule has 1 aliphatic heterocycles. The number of amides is 1. The number of aromatic nitrogens is 1. The zero-order chi connectivity index (χ0) is 31.5. The summed E-state index contributed by atoms with van der Waals surface area (Å²) in [6.07, 6.45) is 3.19. The third-order valence-corrected chi connectivity index (χ3v) is 9.26. The molecule has 1 saturated heterocycles. The summed E-state index contributed by atoms with van der Waals surface area (Å²) in [5, 5.41) is 4.10. The van der Waals surface area contributed by atoms with Gasteiger partial charge in [0.05, 0.1) is 34.4 Å². The van der Waals surface area contributed by atoms with Gasteiger partial charge in [-0.2, -0.15) is 0 Å². The standard InChI is InChI=1S/C36H47N3O4S/c1-5-9-31(40)21-29(23-35-38-32-14-12-28(25(2)3)22-34(32)44-35)36(42)37-30(20-27-10-7-6-8-11-27)13-15-33(41)26(4)24-39-16-18-43-19-17-39/h6-8,10-12,14,22,25,29-30H,4-5,9,13,15-21,23-24H2,1-3H3,(H,37,42)/t29-,30+/m0/s1. The number of benzene rings is 2. The van der Waals surface area contributed by atoms with E-state index in [1.165, 1.54) is 5.56 Å². The molecule has 1 amide bonds. The van der Waals surface area contributed by atoms with Gasteiger partial charge >= 0.3 is 0 Å². The van der Waals surface area contributed by atoms with E-state index in [4.69, 9.17) is 9.72 Å². The van der Waals surface area contributed by atoms with Crippen LogP contribution in [0.2, 0.25) is 0 Å². The summed E-state index contributed by atoms with van der Waals surface area (Å²) < 4.78 is 6.52. The lowest BCUT2D eigenvalue weighted by atomic mass is 9.94. The van der Waals surface area contributed by atoms with Crippen molar-refractivity contribution < 1.29 is 19.1 Å². The Balaban J connectivity index is 1.47. The lowest BCUT2D eigenvalue weighted by Gasteiger charge is -2.27. The summed E-state index contributed by atoms with van der Waals surface area (Å²) in [5.41, 5.74) is 3.86. The topological polar surface area (TPSA) is 88.6 Å². The molecule has 0 aliphatic carbocycles. The molecule has 236 valence electrons. The highest BCUT2D eigenvalue weighted by molar-refractivity contribution is 7.18. The van der Waals surface area contributed by atoms with Crippen LogP contribution in [-0.4, -0.2) is 66.2 Å². The number of hydrogen-bond acceptors (Lipinski definition) is 7. The van der Waals surface area contributed by atoms with Crippen LogP contribution in [0.5, 0.6) is 0 Å². The van der Waals surface area contributed by atoms with Crippen molar-refractivity contribution in [1.82, 2.24) is 15.2 Å². The molecule has 2 aromatic carbocycles. The summed E-state index contributed by atoms with van der Waals surface area (Å²) in [4.78, 5) is 46.8. The highest BCUT2D eigenvalue weighted by Crippen LogP contribution is 2.28. The van der Waals surface area contributed by atoms with Crippen molar-refractivity contribution in [2.75, 3.05) is 32.8 Å². The monoisotopic (exact) mass is 617 g/mol. The third-order valence-electron chi connectivity index (χ3n) is 8.22. The van der Waals surface area contributed by atoms with E-state index >= 15 is 0 Å². The van der Waals surface area contributed by atoms with Gasteiger partial charge in [0.2, 0.25) is 5.91 Å². The number of carbonyl (C=O) groups is 3. The summed E-state index contributed by atoms with van der Waals surface area (Å²) in [7, 11) is 0.